The van der Waals surface area contributed by atoms with E-state index >= 15 is 0 Å². The van der Waals surface area contributed by atoms with Gasteiger partial charge in [0.15, 0.2) is 5.82 Å². The third kappa shape index (κ3) is 4.28. The summed E-state index contributed by atoms with van der Waals surface area (Å²) in [7, 11) is 0. The monoisotopic (exact) mass is 227 g/mol. The molecular weight excluding hydrogens is 206 g/mol. The first-order valence-corrected chi connectivity index (χ1v) is 5.89. The number of aromatic nitrogens is 2. The van der Waals surface area contributed by atoms with Crippen LogP contribution in [0.25, 0.3) is 0 Å². The van der Waals surface area contributed by atoms with E-state index < -0.39 is 0 Å². The molecule has 0 saturated carbocycles. The summed E-state index contributed by atoms with van der Waals surface area (Å²) in [6.07, 6.45) is 2.78. The third-order valence-corrected chi connectivity index (χ3v) is 2.46. The minimum Gasteiger partial charge on any atom is -0.373 e. The van der Waals surface area contributed by atoms with Crippen molar-refractivity contribution >= 4 is 0 Å². The summed E-state index contributed by atoms with van der Waals surface area (Å²) in [5, 5.41) is 3.86. The van der Waals surface area contributed by atoms with Crippen molar-refractivity contribution in [2.75, 3.05) is 13.2 Å². The topological polar surface area (TPSA) is 74.2 Å². The molecule has 0 fully saturated rings. The number of nitrogens with two attached hydrogens (primary N) is 1. The molecular formula is C11H21N3O2. The van der Waals surface area contributed by atoms with Crippen LogP contribution in [0, 0.1) is 5.92 Å². The number of hydrogen-bond donors (Lipinski definition) is 1. The fraction of sp³-hybridized carbons (Fsp3) is 0.818. The molecule has 0 aliphatic heterocycles. The first kappa shape index (κ1) is 13.1. The molecule has 0 amide bonds. The van der Waals surface area contributed by atoms with Crippen molar-refractivity contribution in [2.45, 2.75) is 39.7 Å². The van der Waals surface area contributed by atoms with Crippen LogP contribution in [-0.4, -0.2) is 23.3 Å². The molecule has 0 saturated heterocycles. The maximum atomic E-state index is 5.62. The molecule has 0 bridgehead atoms. The van der Waals surface area contributed by atoms with E-state index in [2.05, 4.69) is 24.0 Å². The summed E-state index contributed by atoms with van der Waals surface area (Å²) in [4.78, 5) is 4.26. The maximum Gasteiger partial charge on any atom is 0.227 e. The number of nitrogens with zero attached hydrogens (tertiary/aromatic N) is 2. The van der Waals surface area contributed by atoms with Gasteiger partial charge in [0.05, 0.1) is 0 Å². The lowest BCUT2D eigenvalue weighted by Crippen LogP contribution is -2.16. The zero-order valence-electron chi connectivity index (χ0n) is 10.1. The second-order valence-corrected chi connectivity index (χ2v) is 3.87. The van der Waals surface area contributed by atoms with E-state index in [0.29, 0.717) is 30.8 Å². The minimum absolute atomic E-state index is 0.421. The first-order chi connectivity index (χ1) is 7.80. The fourth-order valence-electron chi connectivity index (χ4n) is 1.38. The summed E-state index contributed by atoms with van der Waals surface area (Å²) >= 11 is 0. The van der Waals surface area contributed by atoms with Crippen LogP contribution >= 0.6 is 0 Å². The van der Waals surface area contributed by atoms with Crippen LogP contribution in [-0.2, 0) is 17.8 Å². The molecule has 1 atom stereocenters. The summed E-state index contributed by atoms with van der Waals surface area (Å²) in [5.41, 5.74) is 5.62. The van der Waals surface area contributed by atoms with E-state index in [1.165, 1.54) is 0 Å². The van der Waals surface area contributed by atoms with Gasteiger partial charge in [-0.15, -0.1) is 0 Å². The minimum atomic E-state index is 0.421. The third-order valence-electron chi connectivity index (χ3n) is 2.46. The van der Waals surface area contributed by atoms with Crippen LogP contribution in [0.5, 0.6) is 0 Å². The lowest BCUT2D eigenvalue weighted by molar-refractivity contribution is 0.114. The van der Waals surface area contributed by atoms with Crippen LogP contribution in [0.4, 0.5) is 0 Å². The van der Waals surface area contributed by atoms with Crippen molar-refractivity contribution in [3.63, 3.8) is 0 Å². The Hall–Kier alpha value is -0.940. The van der Waals surface area contributed by atoms with E-state index in [9.17, 15) is 0 Å². The zero-order valence-corrected chi connectivity index (χ0v) is 10.1. The predicted octanol–water partition coefficient (Wildman–Crippen LogP) is 1.52. The highest BCUT2D eigenvalue weighted by Gasteiger charge is 2.11. The van der Waals surface area contributed by atoms with Crippen LogP contribution in [0.15, 0.2) is 4.52 Å². The molecule has 1 aromatic heterocycles. The lowest BCUT2D eigenvalue weighted by Gasteiger charge is -2.07. The largest absolute Gasteiger partial charge is 0.373 e. The lowest BCUT2D eigenvalue weighted by atomic mass is 10.0. The van der Waals surface area contributed by atoms with E-state index in [-0.39, 0.29) is 0 Å². The summed E-state index contributed by atoms with van der Waals surface area (Å²) < 4.78 is 10.5. The van der Waals surface area contributed by atoms with Crippen LogP contribution in [0.3, 0.4) is 0 Å². The van der Waals surface area contributed by atoms with Crippen molar-refractivity contribution in [1.29, 1.82) is 0 Å². The Labute approximate surface area is 96.4 Å². The van der Waals surface area contributed by atoms with E-state index in [1.54, 1.807) is 0 Å². The summed E-state index contributed by atoms with van der Waals surface area (Å²) in [6, 6.07) is 0. The fourth-order valence-corrected chi connectivity index (χ4v) is 1.38. The SMILES string of the molecule is CCCOCc1noc(CC(CC)CN)n1. The molecule has 1 heterocycles. The van der Waals surface area contributed by atoms with Crippen LogP contribution < -0.4 is 5.73 Å². The number of hydrogen-bond acceptors (Lipinski definition) is 5. The smallest absolute Gasteiger partial charge is 0.227 e. The second kappa shape index (κ2) is 7.35. The zero-order chi connectivity index (χ0) is 11.8. The van der Waals surface area contributed by atoms with Gasteiger partial charge < -0.3 is 15.0 Å². The Kier molecular flexibility index (Phi) is 6.03. The molecule has 1 unspecified atom stereocenters. The van der Waals surface area contributed by atoms with Gasteiger partial charge >= 0.3 is 0 Å². The van der Waals surface area contributed by atoms with Gasteiger partial charge in [-0.05, 0) is 18.9 Å². The van der Waals surface area contributed by atoms with Crippen LogP contribution in [0.2, 0.25) is 0 Å². The predicted molar refractivity (Wildman–Crippen MR) is 60.8 cm³/mol. The maximum absolute atomic E-state index is 5.62. The van der Waals surface area contributed by atoms with Gasteiger partial charge in [-0.25, -0.2) is 0 Å². The average Bonchev–Trinajstić information content (AvgIpc) is 2.74. The molecule has 92 valence electrons. The number of rotatable bonds is 8. The summed E-state index contributed by atoms with van der Waals surface area (Å²) in [5.74, 6) is 1.70. The molecule has 0 aliphatic carbocycles. The van der Waals surface area contributed by atoms with Crippen molar-refractivity contribution < 1.29 is 9.26 Å². The quantitative estimate of drug-likeness (QED) is 0.682. The number of ether oxygens (including phenoxy) is 1. The highest BCUT2D eigenvalue weighted by atomic mass is 16.5. The van der Waals surface area contributed by atoms with Gasteiger partial charge in [-0.1, -0.05) is 25.4 Å². The van der Waals surface area contributed by atoms with Crippen molar-refractivity contribution in [1.82, 2.24) is 10.1 Å². The molecule has 0 aromatic carbocycles. The molecule has 0 radical (unpaired) electrons. The van der Waals surface area contributed by atoms with E-state index in [1.807, 2.05) is 0 Å². The molecule has 5 heteroatoms. The second-order valence-electron chi connectivity index (χ2n) is 3.87. The normalized spacial score (nSPS) is 12.9. The van der Waals surface area contributed by atoms with Gasteiger partial charge in [-0.3, -0.25) is 0 Å². The van der Waals surface area contributed by atoms with Gasteiger partial charge in [0.1, 0.15) is 6.61 Å². The van der Waals surface area contributed by atoms with Gasteiger partial charge in [0.25, 0.3) is 0 Å². The van der Waals surface area contributed by atoms with Crippen LogP contribution in [0.1, 0.15) is 38.4 Å². The first-order valence-electron chi connectivity index (χ1n) is 5.89. The van der Waals surface area contributed by atoms with Crippen molar-refractivity contribution in [3.05, 3.63) is 11.7 Å². The standard InChI is InChI=1S/C11H21N3O2/c1-3-5-15-8-10-13-11(16-14-10)6-9(4-2)7-12/h9H,3-8,12H2,1-2H3. The molecule has 0 spiro atoms. The van der Waals surface area contributed by atoms with Crippen molar-refractivity contribution in [3.8, 4) is 0 Å². The molecule has 1 aromatic rings. The highest BCUT2D eigenvalue weighted by Crippen LogP contribution is 2.09. The van der Waals surface area contributed by atoms with Gasteiger partial charge in [-0.2, -0.15) is 4.98 Å². The molecule has 2 N–H and O–H groups in total. The summed E-state index contributed by atoms with van der Waals surface area (Å²) in [6.45, 7) is 5.98. The van der Waals surface area contributed by atoms with E-state index in [0.717, 1.165) is 25.9 Å². The Bertz CT molecular complexity index is 285. The molecule has 5 nitrogen and oxygen atoms in total. The van der Waals surface area contributed by atoms with E-state index in [4.69, 9.17) is 15.0 Å². The highest BCUT2D eigenvalue weighted by molar-refractivity contribution is 4.86. The molecule has 16 heavy (non-hydrogen) atoms. The Balaban J connectivity index is 2.38. The molecule has 0 aliphatic rings. The van der Waals surface area contributed by atoms with Gasteiger partial charge in [0.2, 0.25) is 5.89 Å². The Morgan fingerprint density at radius 3 is 2.88 bits per heavy atom. The Morgan fingerprint density at radius 1 is 1.44 bits per heavy atom. The van der Waals surface area contributed by atoms with Crippen molar-refractivity contribution in [2.24, 2.45) is 11.7 Å². The molecule has 1 rings (SSSR count). The Morgan fingerprint density at radius 2 is 2.25 bits per heavy atom. The van der Waals surface area contributed by atoms with Gasteiger partial charge in [0, 0.05) is 13.0 Å². The average molecular weight is 227 g/mol.